The van der Waals surface area contributed by atoms with Crippen molar-refractivity contribution in [1.82, 2.24) is 4.90 Å². The van der Waals surface area contributed by atoms with E-state index in [1.807, 2.05) is 0 Å². The highest BCUT2D eigenvalue weighted by Gasteiger charge is 2.55. The van der Waals surface area contributed by atoms with Gasteiger partial charge in [-0.05, 0) is 16.7 Å². The van der Waals surface area contributed by atoms with E-state index in [1.54, 1.807) is 11.1 Å². The van der Waals surface area contributed by atoms with Gasteiger partial charge in [0.25, 0.3) is 0 Å². The van der Waals surface area contributed by atoms with E-state index in [0.29, 0.717) is 11.3 Å². The summed E-state index contributed by atoms with van der Waals surface area (Å²) in [6.07, 6.45) is 0. The Morgan fingerprint density at radius 2 is 1.80 bits per heavy atom. The molecule has 2 aliphatic rings. The van der Waals surface area contributed by atoms with E-state index in [-0.39, 0.29) is 0 Å². The van der Waals surface area contributed by atoms with Gasteiger partial charge in [-0.25, -0.2) is 0 Å². The van der Waals surface area contributed by atoms with Gasteiger partial charge in [0.2, 0.25) is 0 Å². The predicted molar refractivity (Wildman–Crippen MR) is 86.4 cm³/mol. The maximum Gasteiger partial charge on any atom is 0.0261 e. The fourth-order valence-electron chi connectivity index (χ4n) is 4.02. The van der Waals surface area contributed by atoms with Gasteiger partial charge in [0, 0.05) is 36.3 Å². The molecule has 1 saturated heterocycles. The van der Waals surface area contributed by atoms with Crippen LogP contribution in [0.4, 0.5) is 0 Å². The van der Waals surface area contributed by atoms with Crippen LogP contribution in [0, 0.1) is 0 Å². The molecule has 0 bridgehead atoms. The van der Waals surface area contributed by atoms with Crippen molar-refractivity contribution in [3.63, 3.8) is 0 Å². The fraction of sp³-hybridized carbons (Fsp3) is 0.333. The number of hydrogen-bond acceptors (Lipinski definition) is 1. The molecule has 0 N–H and O–H groups in total. The third kappa shape index (κ3) is 1.71. The van der Waals surface area contributed by atoms with Crippen molar-refractivity contribution in [2.45, 2.75) is 17.9 Å². The normalized spacial score (nSPS) is 27.8. The van der Waals surface area contributed by atoms with Gasteiger partial charge in [0.15, 0.2) is 0 Å². The van der Waals surface area contributed by atoms with Gasteiger partial charge in [-0.15, -0.1) is 0 Å². The Hall–Kier alpha value is -1.12. The maximum atomic E-state index is 3.78. The van der Waals surface area contributed by atoms with E-state index in [1.165, 1.54) is 18.7 Å². The van der Waals surface area contributed by atoms with Crippen LogP contribution < -0.4 is 0 Å². The lowest BCUT2D eigenvalue weighted by atomic mass is 9.59. The van der Waals surface area contributed by atoms with Crippen molar-refractivity contribution in [3.05, 3.63) is 71.3 Å². The third-order valence-electron chi connectivity index (χ3n) is 4.97. The molecule has 0 radical (unpaired) electrons. The third-order valence-corrected chi connectivity index (χ3v) is 5.97. The molecule has 102 valence electrons. The number of rotatable bonds is 3. The number of fused-ring (bicyclic) bond motifs is 4. The number of hydrogen-bond donors (Lipinski definition) is 0. The van der Waals surface area contributed by atoms with Crippen LogP contribution in [-0.2, 0) is 12.0 Å². The van der Waals surface area contributed by atoms with Gasteiger partial charge >= 0.3 is 0 Å². The first-order chi connectivity index (χ1) is 9.83. The monoisotopic (exact) mass is 327 g/mol. The second kappa shape index (κ2) is 4.71. The van der Waals surface area contributed by atoms with Gasteiger partial charge < -0.3 is 0 Å². The highest BCUT2D eigenvalue weighted by Crippen LogP contribution is 2.56. The largest absolute Gasteiger partial charge is 0.298 e. The van der Waals surface area contributed by atoms with E-state index in [4.69, 9.17) is 0 Å². The molecule has 0 amide bonds. The molecule has 1 fully saturated rings. The minimum atomic E-state index is 0.353. The first-order valence-corrected chi connectivity index (χ1v) is 8.37. The molecular weight excluding hydrogens is 310 g/mol. The quantitative estimate of drug-likeness (QED) is 0.772. The number of alkyl halides is 1. The minimum absolute atomic E-state index is 0.353. The molecule has 1 aliphatic carbocycles. The molecule has 0 unspecified atom stereocenters. The fourth-order valence-corrected chi connectivity index (χ4v) is 4.89. The highest BCUT2D eigenvalue weighted by atomic mass is 79.9. The van der Waals surface area contributed by atoms with Crippen molar-refractivity contribution < 1.29 is 0 Å². The number of likely N-dealkylation sites (tertiary alicyclic amines) is 1. The molecule has 2 heteroatoms. The Morgan fingerprint density at radius 1 is 1.05 bits per heavy atom. The molecule has 1 aliphatic heterocycles. The number of benzene rings is 2. The van der Waals surface area contributed by atoms with Crippen LogP contribution in [0.1, 0.15) is 22.6 Å². The van der Waals surface area contributed by atoms with Crippen LogP contribution in [0.2, 0.25) is 0 Å². The molecule has 0 saturated carbocycles. The summed E-state index contributed by atoms with van der Waals surface area (Å²) < 4.78 is 0. The van der Waals surface area contributed by atoms with Crippen molar-refractivity contribution in [3.8, 4) is 0 Å². The molecule has 2 aromatic rings. The lowest BCUT2D eigenvalue weighted by molar-refractivity contribution is 0.311. The molecular formula is C18H18BrN. The Labute approximate surface area is 128 Å². The summed E-state index contributed by atoms with van der Waals surface area (Å²) in [6, 6.07) is 19.8. The van der Waals surface area contributed by atoms with Crippen LogP contribution in [-0.4, -0.2) is 23.3 Å². The number of halogens is 1. The molecule has 1 nitrogen and oxygen atoms in total. The van der Waals surface area contributed by atoms with E-state index < -0.39 is 0 Å². The summed E-state index contributed by atoms with van der Waals surface area (Å²) in [5.41, 5.74) is 4.91. The van der Waals surface area contributed by atoms with Gasteiger partial charge in [-0.3, -0.25) is 4.90 Å². The lowest BCUT2D eigenvalue weighted by Crippen LogP contribution is -2.44. The first-order valence-electron chi connectivity index (χ1n) is 7.25. The molecule has 0 spiro atoms. The van der Waals surface area contributed by atoms with E-state index >= 15 is 0 Å². The second-order valence-electron chi connectivity index (χ2n) is 6.08. The van der Waals surface area contributed by atoms with Gasteiger partial charge in [0.1, 0.15) is 0 Å². The molecule has 2 aromatic carbocycles. The van der Waals surface area contributed by atoms with Crippen molar-refractivity contribution in [2.24, 2.45) is 0 Å². The van der Waals surface area contributed by atoms with Gasteiger partial charge in [0.05, 0.1) is 0 Å². The average molecular weight is 328 g/mol. The van der Waals surface area contributed by atoms with Gasteiger partial charge in [-0.2, -0.15) is 0 Å². The molecule has 2 atom stereocenters. The smallest absolute Gasteiger partial charge is 0.0261 e. The molecule has 20 heavy (non-hydrogen) atoms. The summed E-state index contributed by atoms with van der Waals surface area (Å²) in [7, 11) is 0. The summed E-state index contributed by atoms with van der Waals surface area (Å²) in [4.78, 5) is 2.61. The second-order valence-corrected chi connectivity index (χ2v) is 6.65. The van der Waals surface area contributed by atoms with E-state index in [2.05, 4.69) is 75.4 Å². The zero-order valence-electron chi connectivity index (χ0n) is 11.4. The van der Waals surface area contributed by atoms with Crippen LogP contribution in [0.3, 0.4) is 0 Å². The zero-order chi connectivity index (χ0) is 13.6. The minimum Gasteiger partial charge on any atom is -0.298 e. The molecule has 4 rings (SSSR count). The van der Waals surface area contributed by atoms with Crippen molar-refractivity contribution >= 4 is 15.9 Å². The van der Waals surface area contributed by atoms with Crippen molar-refractivity contribution in [1.29, 1.82) is 0 Å². The lowest BCUT2D eigenvalue weighted by Gasteiger charge is -2.45. The highest BCUT2D eigenvalue weighted by molar-refractivity contribution is 9.09. The van der Waals surface area contributed by atoms with Gasteiger partial charge in [-0.1, -0.05) is 70.5 Å². The topological polar surface area (TPSA) is 3.24 Å². The Kier molecular flexibility index (Phi) is 2.97. The Morgan fingerprint density at radius 3 is 2.60 bits per heavy atom. The predicted octanol–water partition coefficient (Wildman–Crippen LogP) is 3.93. The summed E-state index contributed by atoms with van der Waals surface area (Å²) in [5.74, 6) is 0.710. The first kappa shape index (κ1) is 12.6. The van der Waals surface area contributed by atoms with Crippen molar-refractivity contribution in [2.75, 3.05) is 18.4 Å². The Bertz CT molecular complexity index is 624. The Balaban J connectivity index is 1.59. The molecule has 1 heterocycles. The van der Waals surface area contributed by atoms with E-state index in [0.717, 1.165) is 11.9 Å². The maximum absolute atomic E-state index is 3.78. The van der Waals surface area contributed by atoms with Crippen LogP contribution in [0.25, 0.3) is 0 Å². The summed E-state index contributed by atoms with van der Waals surface area (Å²) in [6.45, 7) is 3.44. The standard InChI is InChI=1S/C18H18BrN/c19-12-18-13-20(10-14-6-2-1-3-7-14)11-17(18)15-8-4-5-9-16(15)18/h1-9,17H,10-13H2/t17-,18+/m0/s1. The SMILES string of the molecule is BrC[C@]12CN(Cc3ccccc3)C[C@H]1c1ccccc12. The number of nitrogens with zero attached hydrogens (tertiary/aromatic N) is 1. The zero-order valence-corrected chi connectivity index (χ0v) is 13.0. The van der Waals surface area contributed by atoms with Crippen LogP contribution in [0.15, 0.2) is 54.6 Å². The van der Waals surface area contributed by atoms with E-state index in [9.17, 15) is 0 Å². The summed E-state index contributed by atoms with van der Waals surface area (Å²) >= 11 is 3.78. The molecule has 0 aromatic heterocycles. The van der Waals surface area contributed by atoms with Crippen LogP contribution >= 0.6 is 15.9 Å². The summed E-state index contributed by atoms with van der Waals surface area (Å²) in [5, 5.41) is 1.08. The van der Waals surface area contributed by atoms with Crippen LogP contribution in [0.5, 0.6) is 0 Å². The average Bonchev–Trinajstić information content (AvgIpc) is 2.81.